The summed E-state index contributed by atoms with van der Waals surface area (Å²) >= 11 is 5.95. The van der Waals surface area contributed by atoms with Crippen molar-refractivity contribution < 1.29 is 9.84 Å². The maximum absolute atomic E-state index is 9.90. The van der Waals surface area contributed by atoms with Gasteiger partial charge in [-0.05, 0) is 30.3 Å². The molecule has 0 saturated heterocycles. The summed E-state index contributed by atoms with van der Waals surface area (Å²) in [5.41, 5.74) is 1.93. The van der Waals surface area contributed by atoms with Gasteiger partial charge >= 0.3 is 0 Å². The minimum absolute atomic E-state index is 0.145. The number of methoxy groups -OCH3 is 1. The van der Waals surface area contributed by atoms with Crippen LogP contribution in [0.15, 0.2) is 42.7 Å². The van der Waals surface area contributed by atoms with Crippen molar-refractivity contribution in [1.29, 1.82) is 0 Å². The number of aromatic nitrogens is 2. The van der Waals surface area contributed by atoms with E-state index in [0.717, 1.165) is 0 Å². The van der Waals surface area contributed by atoms with Gasteiger partial charge in [0.2, 0.25) is 0 Å². The normalized spacial score (nSPS) is 10.8. The highest BCUT2D eigenvalue weighted by atomic mass is 35.5. The van der Waals surface area contributed by atoms with Crippen LogP contribution < -0.4 is 4.74 Å². The summed E-state index contributed by atoms with van der Waals surface area (Å²) in [7, 11) is 1.60. The molecule has 0 aliphatic carbocycles. The van der Waals surface area contributed by atoms with Crippen LogP contribution >= 0.6 is 11.6 Å². The van der Waals surface area contributed by atoms with Crippen LogP contribution in [-0.4, -0.2) is 21.6 Å². The lowest BCUT2D eigenvalue weighted by Crippen LogP contribution is -1.88. The van der Waals surface area contributed by atoms with Gasteiger partial charge < -0.3 is 14.2 Å². The Hall–Kier alpha value is -2.20. The Labute approximate surface area is 114 Å². The van der Waals surface area contributed by atoms with Gasteiger partial charge in [0.05, 0.1) is 12.8 Å². The second-order valence-electron chi connectivity index (χ2n) is 4.10. The molecule has 0 fully saturated rings. The lowest BCUT2D eigenvalue weighted by Gasteiger charge is -2.01. The Morgan fingerprint density at radius 1 is 1.32 bits per heavy atom. The van der Waals surface area contributed by atoms with Gasteiger partial charge in [0.25, 0.3) is 0 Å². The van der Waals surface area contributed by atoms with Gasteiger partial charge in [-0.1, -0.05) is 11.6 Å². The molecule has 0 saturated carbocycles. The number of aromatic hydroxyl groups is 1. The number of ether oxygens (including phenoxy) is 1. The molecule has 0 spiro atoms. The zero-order chi connectivity index (χ0) is 13.4. The van der Waals surface area contributed by atoms with Gasteiger partial charge in [0.1, 0.15) is 5.75 Å². The number of pyridine rings is 1. The molecular formula is C14H11ClN2O2. The van der Waals surface area contributed by atoms with Crippen molar-refractivity contribution in [2.45, 2.75) is 0 Å². The topological polar surface area (TPSA) is 46.8 Å². The van der Waals surface area contributed by atoms with Gasteiger partial charge in [-0.2, -0.15) is 0 Å². The zero-order valence-electron chi connectivity index (χ0n) is 10.2. The van der Waals surface area contributed by atoms with Crippen molar-refractivity contribution in [3.63, 3.8) is 0 Å². The molecule has 0 amide bonds. The molecule has 0 aliphatic heterocycles. The SMILES string of the molecule is COc1cccn2cc(-c3cc(Cl)ccc3O)nc12. The highest BCUT2D eigenvalue weighted by Gasteiger charge is 2.11. The first-order valence-electron chi connectivity index (χ1n) is 5.69. The third-order valence-electron chi connectivity index (χ3n) is 2.90. The number of imidazole rings is 1. The highest BCUT2D eigenvalue weighted by Crippen LogP contribution is 2.32. The van der Waals surface area contributed by atoms with Crippen LogP contribution in [0.25, 0.3) is 16.9 Å². The third-order valence-corrected chi connectivity index (χ3v) is 3.14. The maximum atomic E-state index is 9.90. The first-order valence-corrected chi connectivity index (χ1v) is 6.07. The number of phenols is 1. The molecule has 2 aromatic heterocycles. The summed E-state index contributed by atoms with van der Waals surface area (Å²) in [4.78, 5) is 4.48. The van der Waals surface area contributed by atoms with Crippen LogP contribution in [0.3, 0.4) is 0 Å². The number of hydrogen-bond acceptors (Lipinski definition) is 3. The van der Waals surface area contributed by atoms with Crippen molar-refractivity contribution >= 4 is 17.2 Å². The Balaban J connectivity index is 2.23. The largest absolute Gasteiger partial charge is 0.507 e. The number of halogens is 1. The zero-order valence-corrected chi connectivity index (χ0v) is 10.9. The summed E-state index contributed by atoms with van der Waals surface area (Å²) in [6, 6.07) is 8.58. The standard InChI is InChI=1S/C14H11ClN2O2/c1-19-13-3-2-6-17-8-11(16-14(13)17)10-7-9(15)4-5-12(10)18/h2-8,18H,1H3. The van der Waals surface area contributed by atoms with E-state index in [2.05, 4.69) is 4.98 Å². The molecule has 96 valence electrons. The number of nitrogens with zero attached hydrogens (tertiary/aromatic N) is 2. The molecule has 0 atom stereocenters. The number of phenolic OH excluding ortho intramolecular Hbond substituents is 1. The first-order chi connectivity index (χ1) is 9.19. The molecule has 2 heterocycles. The summed E-state index contributed by atoms with van der Waals surface area (Å²) in [5, 5.41) is 10.5. The summed E-state index contributed by atoms with van der Waals surface area (Å²) < 4.78 is 7.10. The first kappa shape index (κ1) is 11.9. The summed E-state index contributed by atoms with van der Waals surface area (Å²) in [5.74, 6) is 0.821. The highest BCUT2D eigenvalue weighted by molar-refractivity contribution is 6.30. The maximum Gasteiger partial charge on any atom is 0.180 e. The van der Waals surface area contributed by atoms with Gasteiger partial charge in [-0.15, -0.1) is 0 Å². The van der Waals surface area contributed by atoms with E-state index < -0.39 is 0 Å². The fraction of sp³-hybridized carbons (Fsp3) is 0.0714. The summed E-state index contributed by atoms with van der Waals surface area (Å²) in [6.45, 7) is 0. The Bertz CT molecular complexity index is 752. The molecule has 1 aromatic carbocycles. The molecule has 1 N–H and O–H groups in total. The molecule has 3 aromatic rings. The van der Waals surface area contributed by atoms with Gasteiger partial charge in [-0.25, -0.2) is 4.98 Å². The Morgan fingerprint density at radius 3 is 2.95 bits per heavy atom. The van der Waals surface area contributed by atoms with Crippen LogP contribution in [0.5, 0.6) is 11.5 Å². The monoisotopic (exact) mass is 274 g/mol. The van der Waals surface area contributed by atoms with Gasteiger partial charge in [-0.3, -0.25) is 0 Å². The number of benzene rings is 1. The van der Waals surface area contributed by atoms with Gasteiger partial charge in [0.15, 0.2) is 11.4 Å². The van der Waals surface area contributed by atoms with E-state index in [1.165, 1.54) is 0 Å². The molecule has 3 rings (SSSR count). The predicted octanol–water partition coefficient (Wildman–Crippen LogP) is 3.37. The second kappa shape index (κ2) is 4.48. The third kappa shape index (κ3) is 2.00. The fourth-order valence-electron chi connectivity index (χ4n) is 1.99. The van der Waals surface area contributed by atoms with Crippen molar-refractivity contribution in [2.75, 3.05) is 7.11 Å². The molecule has 19 heavy (non-hydrogen) atoms. The fourth-order valence-corrected chi connectivity index (χ4v) is 2.16. The lowest BCUT2D eigenvalue weighted by molar-refractivity contribution is 0.417. The lowest BCUT2D eigenvalue weighted by atomic mass is 10.1. The van der Waals surface area contributed by atoms with Crippen LogP contribution in [0.4, 0.5) is 0 Å². The van der Waals surface area contributed by atoms with E-state index in [4.69, 9.17) is 16.3 Å². The van der Waals surface area contributed by atoms with Gasteiger partial charge in [0, 0.05) is 23.0 Å². The van der Waals surface area contributed by atoms with E-state index in [1.807, 2.05) is 28.9 Å². The molecule has 5 heteroatoms. The second-order valence-corrected chi connectivity index (χ2v) is 4.53. The van der Waals surface area contributed by atoms with Crippen LogP contribution in [0.1, 0.15) is 0 Å². The van der Waals surface area contributed by atoms with Crippen molar-refractivity contribution in [1.82, 2.24) is 9.38 Å². The van der Waals surface area contributed by atoms with E-state index in [1.54, 1.807) is 25.3 Å². The van der Waals surface area contributed by atoms with Crippen LogP contribution in [0.2, 0.25) is 5.02 Å². The Kier molecular flexibility index (Phi) is 2.80. The number of fused-ring (bicyclic) bond motifs is 1. The molecule has 0 aliphatic rings. The smallest absolute Gasteiger partial charge is 0.180 e. The number of rotatable bonds is 2. The molecule has 0 unspecified atom stereocenters. The predicted molar refractivity (Wildman–Crippen MR) is 73.9 cm³/mol. The van der Waals surface area contributed by atoms with Crippen LogP contribution in [-0.2, 0) is 0 Å². The van der Waals surface area contributed by atoms with Crippen molar-refractivity contribution in [3.8, 4) is 22.8 Å². The van der Waals surface area contributed by atoms with Crippen molar-refractivity contribution in [2.24, 2.45) is 0 Å². The average molecular weight is 275 g/mol. The van der Waals surface area contributed by atoms with E-state index in [0.29, 0.717) is 27.7 Å². The Morgan fingerprint density at radius 2 is 2.16 bits per heavy atom. The van der Waals surface area contributed by atoms with E-state index in [-0.39, 0.29) is 5.75 Å². The molecule has 0 radical (unpaired) electrons. The summed E-state index contributed by atoms with van der Waals surface area (Å²) in [6.07, 6.45) is 3.69. The van der Waals surface area contributed by atoms with E-state index in [9.17, 15) is 5.11 Å². The molecule has 0 bridgehead atoms. The molecular weight excluding hydrogens is 264 g/mol. The van der Waals surface area contributed by atoms with Crippen molar-refractivity contribution in [3.05, 3.63) is 47.7 Å². The quantitative estimate of drug-likeness (QED) is 0.779. The van der Waals surface area contributed by atoms with E-state index >= 15 is 0 Å². The van der Waals surface area contributed by atoms with Crippen LogP contribution in [0, 0.1) is 0 Å². The molecule has 4 nitrogen and oxygen atoms in total. The minimum Gasteiger partial charge on any atom is -0.507 e. The number of hydrogen-bond donors (Lipinski definition) is 1. The minimum atomic E-state index is 0.145. The average Bonchev–Trinajstić information content (AvgIpc) is 2.85.